The van der Waals surface area contributed by atoms with Gasteiger partial charge in [-0.05, 0) is 39.5 Å². The van der Waals surface area contributed by atoms with Crippen molar-refractivity contribution in [2.24, 2.45) is 0 Å². The molecule has 0 spiro atoms. The molecule has 2 aliphatic rings. The zero-order valence-electron chi connectivity index (χ0n) is 13.4. The Labute approximate surface area is 127 Å². The smallest absolute Gasteiger partial charge is 0.242 e. The number of carbonyl (C=O) groups excluding carboxylic acids is 2. The summed E-state index contributed by atoms with van der Waals surface area (Å²) in [5.41, 5.74) is -0.523. The summed E-state index contributed by atoms with van der Waals surface area (Å²) in [6.45, 7) is 5.74. The molecule has 0 bridgehead atoms. The van der Waals surface area contributed by atoms with Crippen LogP contribution in [-0.2, 0) is 9.59 Å². The van der Waals surface area contributed by atoms with E-state index in [4.69, 9.17) is 0 Å². The number of rotatable bonds is 7. The van der Waals surface area contributed by atoms with Gasteiger partial charge in [0, 0.05) is 19.1 Å². The largest absolute Gasteiger partial charge is 0.352 e. The summed E-state index contributed by atoms with van der Waals surface area (Å²) in [6.07, 6.45) is 7.18. The molecule has 0 saturated heterocycles. The molecule has 2 N–H and O–H groups in total. The third-order valence-corrected chi connectivity index (χ3v) is 4.70. The van der Waals surface area contributed by atoms with Crippen LogP contribution in [0.2, 0.25) is 0 Å². The summed E-state index contributed by atoms with van der Waals surface area (Å²) < 4.78 is 0. The number of hydrogen-bond acceptors (Lipinski definition) is 3. The lowest BCUT2D eigenvalue weighted by Crippen LogP contribution is -2.60. The molecule has 2 rings (SSSR count). The van der Waals surface area contributed by atoms with E-state index < -0.39 is 5.54 Å². The van der Waals surface area contributed by atoms with E-state index in [1.54, 1.807) is 0 Å². The van der Waals surface area contributed by atoms with Crippen LogP contribution in [0.5, 0.6) is 0 Å². The highest BCUT2D eigenvalue weighted by molar-refractivity contribution is 5.87. The molecule has 0 aliphatic heterocycles. The summed E-state index contributed by atoms with van der Waals surface area (Å²) in [5, 5.41) is 6.29. The van der Waals surface area contributed by atoms with Crippen molar-refractivity contribution >= 4 is 11.8 Å². The van der Waals surface area contributed by atoms with Crippen LogP contribution in [-0.4, -0.2) is 47.9 Å². The molecule has 2 amide bonds. The Morgan fingerprint density at radius 1 is 1.10 bits per heavy atom. The SMILES string of the molecule is CCN(CC)C(=O)C1(NCC(=O)NC2CC2)CCCCC1. The lowest BCUT2D eigenvalue weighted by molar-refractivity contribution is -0.139. The highest BCUT2D eigenvalue weighted by atomic mass is 16.2. The standard InChI is InChI=1S/C16H29N3O2/c1-3-19(4-2)15(21)16(10-6-5-7-11-16)17-12-14(20)18-13-8-9-13/h13,17H,3-12H2,1-2H3,(H,18,20). The summed E-state index contributed by atoms with van der Waals surface area (Å²) in [6, 6.07) is 0.375. The van der Waals surface area contributed by atoms with Crippen molar-refractivity contribution in [3.05, 3.63) is 0 Å². The van der Waals surface area contributed by atoms with Gasteiger partial charge in [-0.2, -0.15) is 0 Å². The summed E-state index contributed by atoms with van der Waals surface area (Å²) >= 11 is 0. The summed E-state index contributed by atoms with van der Waals surface area (Å²) in [5.74, 6) is 0.196. The molecule has 0 aromatic carbocycles. The average Bonchev–Trinajstić information content (AvgIpc) is 3.31. The van der Waals surface area contributed by atoms with E-state index in [0.29, 0.717) is 6.04 Å². The number of hydrogen-bond donors (Lipinski definition) is 2. The fourth-order valence-corrected chi connectivity index (χ4v) is 3.19. The van der Waals surface area contributed by atoms with Gasteiger partial charge in [-0.25, -0.2) is 0 Å². The van der Waals surface area contributed by atoms with Crippen LogP contribution in [0.4, 0.5) is 0 Å². The minimum absolute atomic E-state index is 0.0230. The summed E-state index contributed by atoms with van der Waals surface area (Å²) in [4.78, 5) is 26.7. The van der Waals surface area contributed by atoms with Gasteiger partial charge in [0.2, 0.25) is 11.8 Å². The Kier molecular flexibility index (Phi) is 5.62. The van der Waals surface area contributed by atoms with Gasteiger partial charge in [-0.1, -0.05) is 19.3 Å². The predicted octanol–water partition coefficient (Wildman–Crippen LogP) is 1.43. The zero-order chi connectivity index (χ0) is 15.3. The predicted molar refractivity (Wildman–Crippen MR) is 82.9 cm³/mol. The molecule has 0 unspecified atom stereocenters. The molecule has 2 saturated carbocycles. The van der Waals surface area contributed by atoms with Crippen molar-refractivity contribution in [1.29, 1.82) is 0 Å². The molecule has 0 radical (unpaired) electrons. The number of nitrogens with one attached hydrogen (secondary N) is 2. The van der Waals surface area contributed by atoms with Crippen molar-refractivity contribution in [3.63, 3.8) is 0 Å². The molecule has 2 aliphatic carbocycles. The molecule has 0 aromatic rings. The van der Waals surface area contributed by atoms with Gasteiger partial charge in [0.05, 0.1) is 12.1 Å². The van der Waals surface area contributed by atoms with E-state index in [2.05, 4.69) is 10.6 Å². The first-order chi connectivity index (χ1) is 10.1. The molecule has 120 valence electrons. The molecular formula is C16H29N3O2. The Morgan fingerprint density at radius 2 is 1.71 bits per heavy atom. The van der Waals surface area contributed by atoms with Crippen molar-refractivity contribution in [1.82, 2.24) is 15.5 Å². The van der Waals surface area contributed by atoms with Gasteiger partial charge in [-0.3, -0.25) is 14.9 Å². The van der Waals surface area contributed by atoms with E-state index in [1.165, 1.54) is 6.42 Å². The molecular weight excluding hydrogens is 266 g/mol. The lowest BCUT2D eigenvalue weighted by atomic mass is 9.80. The first kappa shape index (κ1) is 16.3. The monoisotopic (exact) mass is 295 g/mol. The summed E-state index contributed by atoms with van der Waals surface area (Å²) in [7, 11) is 0. The topological polar surface area (TPSA) is 61.4 Å². The molecule has 0 heterocycles. The second kappa shape index (κ2) is 7.25. The zero-order valence-corrected chi connectivity index (χ0v) is 13.4. The highest BCUT2D eigenvalue weighted by Crippen LogP contribution is 2.30. The number of carbonyl (C=O) groups is 2. The van der Waals surface area contributed by atoms with Gasteiger partial charge in [0.1, 0.15) is 0 Å². The van der Waals surface area contributed by atoms with Crippen molar-refractivity contribution in [2.45, 2.75) is 70.4 Å². The van der Waals surface area contributed by atoms with Crippen molar-refractivity contribution in [3.8, 4) is 0 Å². The van der Waals surface area contributed by atoms with Crippen LogP contribution >= 0.6 is 0 Å². The Balaban J connectivity index is 1.97. The van der Waals surface area contributed by atoms with Crippen LogP contribution < -0.4 is 10.6 Å². The maximum Gasteiger partial charge on any atom is 0.242 e. The maximum absolute atomic E-state index is 12.9. The fourth-order valence-electron chi connectivity index (χ4n) is 3.19. The second-order valence-corrected chi connectivity index (χ2v) is 6.32. The Hall–Kier alpha value is -1.10. The van der Waals surface area contributed by atoms with Gasteiger partial charge in [-0.15, -0.1) is 0 Å². The van der Waals surface area contributed by atoms with Crippen LogP contribution in [0.1, 0.15) is 58.8 Å². The second-order valence-electron chi connectivity index (χ2n) is 6.32. The Morgan fingerprint density at radius 3 is 2.24 bits per heavy atom. The number of likely N-dealkylation sites (N-methyl/N-ethyl adjacent to an activating group) is 1. The lowest BCUT2D eigenvalue weighted by Gasteiger charge is -2.40. The van der Waals surface area contributed by atoms with Gasteiger partial charge >= 0.3 is 0 Å². The Bertz CT molecular complexity index is 370. The molecule has 5 heteroatoms. The fraction of sp³-hybridized carbons (Fsp3) is 0.875. The number of nitrogens with zero attached hydrogens (tertiary/aromatic N) is 1. The molecule has 0 aromatic heterocycles. The van der Waals surface area contributed by atoms with Gasteiger partial charge < -0.3 is 10.2 Å². The minimum atomic E-state index is -0.523. The molecule has 0 atom stereocenters. The number of amides is 2. The third-order valence-electron chi connectivity index (χ3n) is 4.70. The van der Waals surface area contributed by atoms with E-state index in [9.17, 15) is 9.59 Å². The van der Waals surface area contributed by atoms with Crippen molar-refractivity contribution in [2.75, 3.05) is 19.6 Å². The molecule has 21 heavy (non-hydrogen) atoms. The van der Waals surface area contributed by atoms with E-state index in [-0.39, 0.29) is 18.4 Å². The van der Waals surface area contributed by atoms with E-state index in [1.807, 2.05) is 18.7 Å². The van der Waals surface area contributed by atoms with E-state index in [0.717, 1.165) is 51.6 Å². The highest BCUT2D eigenvalue weighted by Gasteiger charge is 2.41. The van der Waals surface area contributed by atoms with E-state index >= 15 is 0 Å². The van der Waals surface area contributed by atoms with Crippen LogP contribution in [0, 0.1) is 0 Å². The van der Waals surface area contributed by atoms with Crippen molar-refractivity contribution < 1.29 is 9.59 Å². The normalized spacial score (nSPS) is 20.9. The first-order valence-corrected chi connectivity index (χ1v) is 8.45. The quantitative estimate of drug-likeness (QED) is 0.747. The maximum atomic E-state index is 12.9. The molecule has 2 fully saturated rings. The van der Waals surface area contributed by atoms with Gasteiger partial charge in [0.15, 0.2) is 0 Å². The van der Waals surface area contributed by atoms with Crippen LogP contribution in [0.25, 0.3) is 0 Å². The van der Waals surface area contributed by atoms with Gasteiger partial charge in [0.25, 0.3) is 0 Å². The minimum Gasteiger partial charge on any atom is -0.352 e. The first-order valence-electron chi connectivity index (χ1n) is 8.45. The average molecular weight is 295 g/mol. The molecule has 5 nitrogen and oxygen atoms in total. The van der Waals surface area contributed by atoms with Crippen LogP contribution in [0.3, 0.4) is 0 Å². The van der Waals surface area contributed by atoms with Crippen LogP contribution in [0.15, 0.2) is 0 Å². The third kappa shape index (κ3) is 4.19.